The van der Waals surface area contributed by atoms with Crippen LogP contribution in [0.2, 0.25) is 0 Å². The highest BCUT2D eigenvalue weighted by Gasteiger charge is 2.30. The molecule has 1 aromatic carbocycles. The maximum Gasteiger partial charge on any atom is 0.277 e. The number of fused-ring (bicyclic) bond motifs is 1. The van der Waals surface area contributed by atoms with Gasteiger partial charge in [-0.25, -0.2) is 13.4 Å². The third-order valence-electron chi connectivity index (χ3n) is 8.13. The van der Waals surface area contributed by atoms with Gasteiger partial charge in [-0.05, 0) is 31.0 Å². The highest BCUT2D eigenvalue weighted by atomic mass is 32.2. The number of nitrogens with one attached hydrogen (secondary N) is 1. The Morgan fingerprint density at radius 1 is 0.955 bits per heavy atom. The summed E-state index contributed by atoms with van der Waals surface area (Å²) in [5.74, 6) is 0.731. The molecule has 4 heterocycles. The number of rotatable bonds is 14. The zero-order valence-corrected chi connectivity index (χ0v) is 26.9. The molecule has 2 aliphatic rings. The van der Waals surface area contributed by atoms with Crippen molar-refractivity contribution >= 4 is 21.1 Å². The van der Waals surface area contributed by atoms with Gasteiger partial charge in [0.15, 0.2) is 5.52 Å². The number of ether oxygens (including phenoxy) is 3. The van der Waals surface area contributed by atoms with E-state index in [2.05, 4.69) is 21.7 Å². The molecule has 0 bridgehead atoms. The van der Waals surface area contributed by atoms with Crippen molar-refractivity contribution in [1.29, 1.82) is 0 Å². The van der Waals surface area contributed by atoms with Crippen LogP contribution in [0.1, 0.15) is 32.4 Å². The molecule has 13 nitrogen and oxygen atoms in total. The average Bonchev–Trinajstić information content (AvgIpc) is 3.40. The third-order valence-corrected chi connectivity index (χ3v) is 10.0. The molecule has 0 unspecified atom stereocenters. The van der Waals surface area contributed by atoms with Crippen LogP contribution < -0.4 is 10.3 Å². The molecule has 44 heavy (non-hydrogen) atoms. The fourth-order valence-corrected chi connectivity index (χ4v) is 7.11. The Bertz CT molecular complexity index is 1560. The van der Waals surface area contributed by atoms with E-state index in [0.29, 0.717) is 87.9 Å². The summed E-state index contributed by atoms with van der Waals surface area (Å²) in [6.45, 7) is 12.3. The van der Waals surface area contributed by atoms with E-state index in [4.69, 9.17) is 24.3 Å². The smallest absolute Gasteiger partial charge is 0.277 e. The van der Waals surface area contributed by atoms with Crippen molar-refractivity contribution in [3.05, 3.63) is 34.2 Å². The van der Waals surface area contributed by atoms with E-state index < -0.39 is 10.0 Å². The molecule has 0 atom stereocenters. The van der Waals surface area contributed by atoms with E-state index in [-0.39, 0.29) is 16.3 Å². The minimum absolute atomic E-state index is 0.138. The molecular weight excluding hydrogens is 586 g/mol. The molecule has 3 aromatic rings. The third kappa shape index (κ3) is 7.32. The predicted octanol–water partition coefficient (Wildman–Crippen LogP) is 1.81. The van der Waals surface area contributed by atoms with Crippen LogP contribution >= 0.6 is 0 Å². The van der Waals surface area contributed by atoms with Crippen LogP contribution in [-0.4, -0.2) is 128 Å². The number of aryl methyl sites for hydroxylation is 1. The topological polar surface area (TPSA) is 135 Å². The summed E-state index contributed by atoms with van der Waals surface area (Å²) < 4.78 is 47.5. The van der Waals surface area contributed by atoms with Gasteiger partial charge in [-0.3, -0.25) is 19.3 Å². The Morgan fingerprint density at radius 3 is 2.41 bits per heavy atom. The lowest BCUT2D eigenvalue weighted by Gasteiger charge is -2.33. The number of benzene rings is 1. The minimum atomic E-state index is -3.79. The largest absolute Gasteiger partial charge is 0.493 e. The first-order valence-corrected chi connectivity index (χ1v) is 17.1. The summed E-state index contributed by atoms with van der Waals surface area (Å²) in [6.07, 6.45) is 2.28. The molecule has 2 saturated heterocycles. The number of morpholine rings is 1. The van der Waals surface area contributed by atoms with Crippen molar-refractivity contribution in [2.45, 2.75) is 44.6 Å². The van der Waals surface area contributed by atoms with Crippen molar-refractivity contribution in [3.8, 4) is 17.1 Å². The van der Waals surface area contributed by atoms with Crippen LogP contribution in [0, 0.1) is 0 Å². The second-order valence-electron chi connectivity index (χ2n) is 11.2. The van der Waals surface area contributed by atoms with E-state index in [0.717, 1.165) is 44.7 Å². The Morgan fingerprint density at radius 2 is 1.70 bits per heavy atom. The molecule has 5 rings (SSSR count). The molecule has 0 radical (unpaired) electrons. The van der Waals surface area contributed by atoms with Crippen LogP contribution in [0.25, 0.3) is 22.4 Å². The van der Waals surface area contributed by atoms with Crippen molar-refractivity contribution in [2.75, 3.05) is 85.9 Å². The number of hydrogen-bond donors (Lipinski definition) is 1. The standard InChI is InChI=1S/C30H45N7O6S/c1-4-6-25-27-28(37(33-25)14-11-35-16-20-42-21-17-35)30(38)32-29(31-27)24-22-23(7-8-26(24)43-18-5-2)44(39,40)36-12-9-34(10-13-36)15-19-41-3/h7-8,22H,4-6,9-21H2,1-3H3,(H,31,32,38). The number of nitrogens with zero attached hydrogens (tertiary/aromatic N) is 6. The van der Waals surface area contributed by atoms with E-state index in [9.17, 15) is 13.2 Å². The Balaban J connectivity index is 1.49. The minimum Gasteiger partial charge on any atom is -0.493 e. The van der Waals surface area contributed by atoms with Gasteiger partial charge in [0, 0.05) is 59.5 Å². The summed E-state index contributed by atoms with van der Waals surface area (Å²) in [5, 5.41) is 4.80. The Kier molecular flexibility index (Phi) is 11.0. The summed E-state index contributed by atoms with van der Waals surface area (Å²) >= 11 is 0. The number of H-pyrrole nitrogens is 1. The molecule has 0 spiro atoms. The number of piperazine rings is 1. The average molecular weight is 632 g/mol. The summed E-state index contributed by atoms with van der Waals surface area (Å²) in [5.41, 5.74) is 1.83. The van der Waals surface area contributed by atoms with Gasteiger partial charge in [-0.1, -0.05) is 20.3 Å². The maximum absolute atomic E-state index is 13.8. The Labute approximate surface area is 259 Å². The van der Waals surface area contributed by atoms with Gasteiger partial charge >= 0.3 is 0 Å². The zero-order chi connectivity index (χ0) is 31.1. The maximum atomic E-state index is 13.8. The lowest BCUT2D eigenvalue weighted by atomic mass is 10.1. The van der Waals surface area contributed by atoms with Gasteiger partial charge < -0.3 is 19.2 Å². The summed E-state index contributed by atoms with van der Waals surface area (Å²) in [4.78, 5) is 26.1. The fraction of sp³-hybridized carbons (Fsp3) is 0.633. The van der Waals surface area contributed by atoms with Crippen LogP contribution in [-0.2, 0) is 32.5 Å². The molecule has 2 aliphatic heterocycles. The number of sulfonamides is 1. The quantitative estimate of drug-likeness (QED) is 0.281. The van der Waals surface area contributed by atoms with Crippen LogP contribution in [0.3, 0.4) is 0 Å². The van der Waals surface area contributed by atoms with Gasteiger partial charge in [0.05, 0.1) is 49.1 Å². The van der Waals surface area contributed by atoms with Gasteiger partial charge in [0.25, 0.3) is 5.56 Å². The second kappa shape index (κ2) is 14.9. The first-order chi connectivity index (χ1) is 21.3. The molecule has 242 valence electrons. The van der Waals surface area contributed by atoms with E-state index in [1.165, 1.54) is 4.31 Å². The van der Waals surface area contributed by atoms with Crippen LogP contribution in [0.15, 0.2) is 27.9 Å². The van der Waals surface area contributed by atoms with Crippen LogP contribution in [0.4, 0.5) is 0 Å². The van der Waals surface area contributed by atoms with Gasteiger partial charge in [-0.2, -0.15) is 9.40 Å². The van der Waals surface area contributed by atoms with E-state index >= 15 is 0 Å². The van der Waals surface area contributed by atoms with E-state index in [1.807, 2.05) is 6.92 Å². The SMILES string of the molecule is CCCOc1ccc(S(=O)(=O)N2CCN(CCOC)CC2)cc1-c1nc2c(CCC)nn(CCN3CCOCC3)c2c(=O)[nH]1. The molecular formula is C30H45N7O6S. The van der Waals surface area contributed by atoms with Crippen molar-refractivity contribution in [3.63, 3.8) is 0 Å². The molecule has 0 amide bonds. The first-order valence-electron chi connectivity index (χ1n) is 15.6. The first kappa shape index (κ1) is 32.5. The monoisotopic (exact) mass is 631 g/mol. The lowest BCUT2D eigenvalue weighted by Crippen LogP contribution is -2.49. The van der Waals surface area contributed by atoms with Gasteiger partial charge in [-0.15, -0.1) is 0 Å². The molecule has 0 aliphatic carbocycles. The van der Waals surface area contributed by atoms with Gasteiger partial charge in [0.2, 0.25) is 10.0 Å². The molecule has 2 fully saturated rings. The number of hydrogen-bond acceptors (Lipinski definition) is 10. The van der Waals surface area contributed by atoms with Crippen molar-refractivity contribution in [2.24, 2.45) is 0 Å². The normalized spacial score (nSPS) is 17.4. The highest BCUT2D eigenvalue weighted by molar-refractivity contribution is 7.89. The lowest BCUT2D eigenvalue weighted by molar-refractivity contribution is 0.0361. The molecule has 14 heteroatoms. The Hall–Kier alpha value is -2.88. The fourth-order valence-electron chi connectivity index (χ4n) is 5.66. The van der Waals surface area contributed by atoms with E-state index in [1.54, 1.807) is 30.0 Å². The highest BCUT2D eigenvalue weighted by Crippen LogP contribution is 2.32. The van der Waals surface area contributed by atoms with Crippen molar-refractivity contribution in [1.82, 2.24) is 33.9 Å². The predicted molar refractivity (Wildman–Crippen MR) is 168 cm³/mol. The molecule has 1 N–H and O–H groups in total. The van der Waals surface area contributed by atoms with Crippen LogP contribution in [0.5, 0.6) is 5.75 Å². The molecule has 0 saturated carbocycles. The molecule has 2 aromatic heterocycles. The number of aromatic amines is 1. The zero-order valence-electron chi connectivity index (χ0n) is 26.1. The van der Waals surface area contributed by atoms with Gasteiger partial charge in [0.1, 0.15) is 17.1 Å². The number of methoxy groups -OCH3 is 1. The number of aromatic nitrogens is 4. The summed E-state index contributed by atoms with van der Waals surface area (Å²) in [7, 11) is -2.12. The van der Waals surface area contributed by atoms with Crippen molar-refractivity contribution < 1.29 is 22.6 Å². The second-order valence-corrected chi connectivity index (χ2v) is 13.2. The summed E-state index contributed by atoms with van der Waals surface area (Å²) in [6, 6.07) is 4.81.